The molecule has 0 aromatic heterocycles. The first-order valence-electron chi connectivity index (χ1n) is 9.76. The van der Waals surface area contributed by atoms with E-state index in [0.29, 0.717) is 26.4 Å². The van der Waals surface area contributed by atoms with Gasteiger partial charge in [0.1, 0.15) is 17.9 Å². The number of hydrogen-bond acceptors (Lipinski definition) is 4. The van der Waals surface area contributed by atoms with Crippen molar-refractivity contribution < 1.29 is 19.1 Å². The molecule has 0 unspecified atom stereocenters. The van der Waals surface area contributed by atoms with E-state index in [9.17, 15) is 14.4 Å². The smallest absolute Gasteiger partial charge is 0.335 e. The molecular weight excluding hydrogens is 522 g/mol. The second-order valence-electron chi connectivity index (χ2n) is 7.16. The number of ether oxygens (including phenoxy) is 1. The first-order valence-corrected chi connectivity index (χ1v) is 11.3. The summed E-state index contributed by atoms with van der Waals surface area (Å²) in [7, 11) is 0. The Kier molecular flexibility index (Phi) is 7.14. The van der Waals surface area contributed by atoms with Crippen LogP contribution in [0.4, 0.5) is 10.5 Å². The van der Waals surface area contributed by atoms with E-state index in [0.717, 1.165) is 10.5 Å². The first kappa shape index (κ1) is 24.1. The van der Waals surface area contributed by atoms with Gasteiger partial charge >= 0.3 is 6.03 Å². The van der Waals surface area contributed by atoms with Crippen LogP contribution in [-0.2, 0) is 16.2 Å². The van der Waals surface area contributed by atoms with E-state index in [1.165, 1.54) is 18.2 Å². The number of benzene rings is 3. The molecule has 34 heavy (non-hydrogen) atoms. The van der Waals surface area contributed by atoms with E-state index in [2.05, 4.69) is 5.32 Å². The molecule has 0 radical (unpaired) electrons. The van der Waals surface area contributed by atoms with Crippen LogP contribution in [0, 0.1) is 0 Å². The van der Waals surface area contributed by atoms with Crippen molar-refractivity contribution in [3.63, 3.8) is 0 Å². The molecule has 6 nitrogen and oxygen atoms in total. The van der Waals surface area contributed by atoms with Gasteiger partial charge in [0.05, 0.1) is 20.8 Å². The summed E-state index contributed by atoms with van der Waals surface area (Å²) < 4.78 is 5.74. The fraction of sp³-hybridized carbons (Fsp3) is 0.0417. The summed E-state index contributed by atoms with van der Waals surface area (Å²) in [6.45, 7) is 0.203. The zero-order chi connectivity index (χ0) is 24.4. The van der Waals surface area contributed by atoms with Gasteiger partial charge in [0, 0.05) is 5.02 Å². The minimum atomic E-state index is -0.863. The normalized spacial score (nSPS) is 15.0. The van der Waals surface area contributed by atoms with Gasteiger partial charge in [-0.2, -0.15) is 0 Å². The van der Waals surface area contributed by atoms with Crippen molar-refractivity contribution in [2.75, 3.05) is 4.90 Å². The predicted molar refractivity (Wildman–Crippen MR) is 133 cm³/mol. The molecule has 10 heteroatoms. The molecule has 172 valence electrons. The Hall–Kier alpha value is -3.03. The second-order valence-corrected chi connectivity index (χ2v) is 8.82. The van der Waals surface area contributed by atoms with Crippen LogP contribution in [0.3, 0.4) is 0 Å². The Morgan fingerprint density at radius 1 is 0.853 bits per heavy atom. The van der Waals surface area contributed by atoms with Crippen LogP contribution >= 0.6 is 46.4 Å². The van der Waals surface area contributed by atoms with Gasteiger partial charge in [-0.1, -0.05) is 64.6 Å². The molecule has 1 heterocycles. The molecule has 4 rings (SSSR count). The summed E-state index contributed by atoms with van der Waals surface area (Å²) in [6, 6.07) is 15.2. The number of carbonyl (C=O) groups excluding carboxylic acids is 3. The molecule has 0 aliphatic carbocycles. The zero-order valence-electron chi connectivity index (χ0n) is 17.2. The minimum absolute atomic E-state index is 0.203. The van der Waals surface area contributed by atoms with Crippen LogP contribution < -0.4 is 15.0 Å². The zero-order valence-corrected chi connectivity index (χ0v) is 20.2. The maximum atomic E-state index is 13.0. The van der Waals surface area contributed by atoms with Gasteiger partial charge in [-0.15, -0.1) is 0 Å². The highest BCUT2D eigenvalue weighted by molar-refractivity contribution is 6.42. The molecule has 1 aliphatic rings. The molecule has 0 atom stereocenters. The van der Waals surface area contributed by atoms with Crippen molar-refractivity contribution in [3.05, 3.63) is 97.5 Å². The molecule has 3 aromatic rings. The molecule has 1 fully saturated rings. The van der Waals surface area contributed by atoms with Crippen LogP contribution in [0.15, 0.2) is 66.2 Å². The lowest BCUT2D eigenvalue weighted by Crippen LogP contribution is -2.54. The first-order chi connectivity index (χ1) is 16.2. The maximum Gasteiger partial charge on any atom is 0.335 e. The third kappa shape index (κ3) is 5.21. The van der Waals surface area contributed by atoms with Crippen molar-refractivity contribution in [2.24, 2.45) is 0 Å². The number of hydrogen-bond donors (Lipinski definition) is 1. The molecule has 1 aliphatic heterocycles. The molecule has 1 N–H and O–H groups in total. The Morgan fingerprint density at radius 2 is 1.65 bits per heavy atom. The largest absolute Gasteiger partial charge is 0.487 e. The maximum absolute atomic E-state index is 13.0. The third-order valence-electron chi connectivity index (χ3n) is 4.81. The lowest BCUT2D eigenvalue weighted by Gasteiger charge is -2.26. The monoisotopic (exact) mass is 534 g/mol. The summed E-state index contributed by atoms with van der Waals surface area (Å²) in [5, 5.41) is 3.62. The van der Waals surface area contributed by atoms with Crippen LogP contribution in [0.25, 0.3) is 6.08 Å². The van der Waals surface area contributed by atoms with Crippen LogP contribution in [0.5, 0.6) is 5.75 Å². The molecule has 4 amide bonds. The van der Waals surface area contributed by atoms with Crippen LogP contribution in [0.1, 0.15) is 11.1 Å². The predicted octanol–water partition coefficient (Wildman–Crippen LogP) is 6.55. The quantitative estimate of drug-likeness (QED) is 0.297. The van der Waals surface area contributed by atoms with E-state index in [1.807, 2.05) is 0 Å². The van der Waals surface area contributed by atoms with Gasteiger partial charge in [0.15, 0.2) is 0 Å². The van der Waals surface area contributed by atoms with Crippen molar-refractivity contribution in [1.29, 1.82) is 0 Å². The van der Waals surface area contributed by atoms with E-state index in [-0.39, 0.29) is 22.9 Å². The summed E-state index contributed by atoms with van der Waals surface area (Å²) in [6.07, 6.45) is 1.34. The standard InChI is InChI=1S/C24H14Cl4N2O4/c25-15-2-1-3-16(11-15)30-23(32)17(22(31)29-24(30)33)8-13-5-7-21(20(28)9-13)34-12-14-4-6-18(26)19(27)10-14/h1-11H,12H2,(H,29,31,33)/b17-8+. The van der Waals surface area contributed by atoms with E-state index in [4.69, 9.17) is 51.1 Å². The molecule has 3 aromatic carbocycles. The number of amides is 4. The SMILES string of the molecule is O=C1NC(=O)N(c2cccc(Cl)c2)C(=O)/C1=C/c1ccc(OCc2ccc(Cl)c(Cl)c2)c(Cl)c1. The number of imide groups is 2. The lowest BCUT2D eigenvalue weighted by molar-refractivity contribution is -0.122. The molecule has 0 spiro atoms. The van der Waals surface area contributed by atoms with Crippen LogP contribution in [-0.4, -0.2) is 17.8 Å². The molecule has 1 saturated heterocycles. The Morgan fingerprint density at radius 3 is 2.35 bits per heavy atom. The number of barbiturate groups is 1. The van der Waals surface area contributed by atoms with Gasteiger partial charge in [-0.05, 0) is 59.7 Å². The number of anilines is 1. The fourth-order valence-corrected chi connectivity index (χ4v) is 3.94. The Balaban J connectivity index is 1.55. The number of nitrogens with zero attached hydrogens (tertiary/aromatic N) is 1. The van der Waals surface area contributed by atoms with Crippen molar-refractivity contribution >= 4 is 76.0 Å². The molecule has 0 bridgehead atoms. The van der Waals surface area contributed by atoms with E-state index >= 15 is 0 Å². The Bertz CT molecular complexity index is 1360. The number of nitrogens with one attached hydrogen (secondary N) is 1. The highest BCUT2D eigenvalue weighted by atomic mass is 35.5. The lowest BCUT2D eigenvalue weighted by atomic mass is 10.1. The minimum Gasteiger partial charge on any atom is -0.487 e. The summed E-state index contributed by atoms with van der Waals surface area (Å²) in [5.74, 6) is -1.21. The average Bonchev–Trinajstić information content (AvgIpc) is 2.78. The van der Waals surface area contributed by atoms with Crippen LogP contribution in [0.2, 0.25) is 20.1 Å². The van der Waals surface area contributed by atoms with Crippen molar-refractivity contribution in [1.82, 2.24) is 5.32 Å². The van der Waals surface area contributed by atoms with E-state index < -0.39 is 17.8 Å². The number of urea groups is 1. The number of halogens is 4. The highest BCUT2D eigenvalue weighted by Crippen LogP contribution is 2.30. The molecular formula is C24H14Cl4N2O4. The van der Waals surface area contributed by atoms with Gasteiger partial charge < -0.3 is 4.74 Å². The third-order valence-corrected chi connectivity index (χ3v) is 6.08. The summed E-state index contributed by atoms with van der Waals surface area (Å²) >= 11 is 24.3. The summed E-state index contributed by atoms with van der Waals surface area (Å²) in [5.41, 5.74) is 1.26. The second kappa shape index (κ2) is 10.1. The highest BCUT2D eigenvalue weighted by Gasteiger charge is 2.36. The van der Waals surface area contributed by atoms with Gasteiger partial charge in [0.25, 0.3) is 11.8 Å². The molecule has 0 saturated carbocycles. The van der Waals surface area contributed by atoms with Gasteiger partial charge in [-0.25, -0.2) is 9.69 Å². The summed E-state index contributed by atoms with van der Waals surface area (Å²) in [4.78, 5) is 38.5. The topological polar surface area (TPSA) is 75.7 Å². The van der Waals surface area contributed by atoms with Crippen molar-refractivity contribution in [2.45, 2.75) is 6.61 Å². The van der Waals surface area contributed by atoms with Crippen molar-refractivity contribution in [3.8, 4) is 5.75 Å². The number of carbonyl (C=O) groups is 3. The number of rotatable bonds is 5. The fourth-order valence-electron chi connectivity index (χ4n) is 3.19. The average molecular weight is 536 g/mol. The van der Waals surface area contributed by atoms with E-state index in [1.54, 1.807) is 48.5 Å². The Labute approximate surface area is 214 Å². The van der Waals surface area contributed by atoms with Gasteiger partial charge in [0.2, 0.25) is 0 Å². The van der Waals surface area contributed by atoms with Gasteiger partial charge in [-0.3, -0.25) is 14.9 Å².